The largest absolute Gasteiger partial charge is 0.220 e. The summed E-state index contributed by atoms with van der Waals surface area (Å²) in [6.45, 7) is 4.52. The van der Waals surface area contributed by atoms with Crippen molar-refractivity contribution in [2.75, 3.05) is 6.54 Å². The van der Waals surface area contributed by atoms with Crippen LogP contribution in [0.2, 0.25) is 0 Å². The summed E-state index contributed by atoms with van der Waals surface area (Å²) < 4.78 is 25.7. The first-order valence-corrected chi connectivity index (χ1v) is 7.17. The van der Waals surface area contributed by atoms with E-state index < -0.39 is 10.0 Å². The molecular weight excluding hydrogens is 278 g/mol. The van der Waals surface area contributed by atoms with Crippen molar-refractivity contribution in [3.63, 3.8) is 0 Å². The molecule has 1 atom stereocenters. The summed E-state index contributed by atoms with van der Waals surface area (Å²) in [6, 6.07) is 7.35. The van der Waals surface area contributed by atoms with Crippen LogP contribution in [0.5, 0.6) is 0 Å². The first-order valence-electron chi connectivity index (χ1n) is 4.83. The van der Waals surface area contributed by atoms with Crippen LogP contribution >= 0.6 is 15.9 Å². The Morgan fingerprint density at radius 1 is 1.27 bits per heavy atom. The molecule has 0 amide bonds. The van der Waals surface area contributed by atoms with Crippen LogP contribution in [0, 0.1) is 0 Å². The Balaban J connectivity index is 0.000000531. The SMILES string of the molecule is CC.O=S1(=O)NCC1c1ccc(Br)cc1. The molecule has 2 rings (SSSR count). The first kappa shape index (κ1) is 12.7. The summed E-state index contributed by atoms with van der Waals surface area (Å²) in [5.41, 5.74) is 0.849. The van der Waals surface area contributed by atoms with E-state index in [2.05, 4.69) is 20.7 Å². The lowest BCUT2D eigenvalue weighted by Crippen LogP contribution is -2.45. The van der Waals surface area contributed by atoms with E-state index in [1.54, 1.807) is 0 Å². The Kier molecular flexibility index (Phi) is 4.31. The lowest BCUT2D eigenvalue weighted by Gasteiger charge is -2.27. The number of nitrogens with one attached hydrogen (secondary N) is 1. The second kappa shape index (κ2) is 5.09. The van der Waals surface area contributed by atoms with Gasteiger partial charge in [-0.15, -0.1) is 0 Å². The summed E-state index contributed by atoms with van der Waals surface area (Å²) >= 11 is 3.30. The van der Waals surface area contributed by atoms with E-state index in [0.29, 0.717) is 6.54 Å². The van der Waals surface area contributed by atoms with E-state index in [4.69, 9.17) is 0 Å². The smallest absolute Gasteiger partial charge is 0.213 e. The summed E-state index contributed by atoms with van der Waals surface area (Å²) in [5, 5.41) is -0.361. The van der Waals surface area contributed by atoms with E-state index in [1.807, 2.05) is 38.1 Å². The van der Waals surface area contributed by atoms with Gasteiger partial charge in [0.15, 0.2) is 0 Å². The molecule has 5 heteroatoms. The Bertz CT molecular complexity index is 414. The van der Waals surface area contributed by atoms with Crippen molar-refractivity contribution in [1.29, 1.82) is 0 Å². The van der Waals surface area contributed by atoms with Crippen LogP contribution in [0.15, 0.2) is 28.7 Å². The molecule has 0 aliphatic carbocycles. The summed E-state index contributed by atoms with van der Waals surface area (Å²) in [4.78, 5) is 0. The molecule has 15 heavy (non-hydrogen) atoms. The Morgan fingerprint density at radius 3 is 2.13 bits per heavy atom. The minimum Gasteiger partial charge on any atom is -0.213 e. The van der Waals surface area contributed by atoms with E-state index in [1.165, 1.54) is 0 Å². The van der Waals surface area contributed by atoms with Crippen molar-refractivity contribution >= 4 is 26.0 Å². The second-order valence-corrected chi connectivity index (χ2v) is 5.80. The lowest BCUT2D eigenvalue weighted by atomic mass is 10.1. The number of hydrogen-bond donors (Lipinski definition) is 1. The minimum absolute atomic E-state index is 0.361. The molecule has 1 heterocycles. The number of rotatable bonds is 1. The van der Waals surface area contributed by atoms with E-state index in [-0.39, 0.29) is 5.25 Å². The predicted molar refractivity (Wildman–Crippen MR) is 65.2 cm³/mol. The van der Waals surface area contributed by atoms with Gasteiger partial charge < -0.3 is 0 Å². The summed E-state index contributed by atoms with van der Waals surface area (Å²) in [5.74, 6) is 0. The van der Waals surface area contributed by atoms with Crippen LogP contribution in [0.25, 0.3) is 0 Å². The summed E-state index contributed by atoms with van der Waals surface area (Å²) in [7, 11) is -3.05. The fraction of sp³-hybridized carbons (Fsp3) is 0.400. The van der Waals surface area contributed by atoms with Crippen molar-refractivity contribution in [1.82, 2.24) is 4.72 Å². The zero-order chi connectivity index (χ0) is 11.5. The zero-order valence-electron chi connectivity index (χ0n) is 8.70. The van der Waals surface area contributed by atoms with E-state index in [9.17, 15) is 8.42 Å². The maximum Gasteiger partial charge on any atom is 0.220 e. The number of benzene rings is 1. The normalized spacial score (nSPS) is 22.2. The second-order valence-electron chi connectivity index (χ2n) is 2.93. The highest BCUT2D eigenvalue weighted by molar-refractivity contribution is 9.10. The minimum atomic E-state index is -3.05. The van der Waals surface area contributed by atoms with Gasteiger partial charge in [0.1, 0.15) is 5.25 Å². The van der Waals surface area contributed by atoms with Gasteiger partial charge in [-0.1, -0.05) is 41.9 Å². The van der Waals surface area contributed by atoms with Gasteiger partial charge in [0.05, 0.1) is 0 Å². The van der Waals surface area contributed by atoms with E-state index in [0.717, 1.165) is 10.0 Å². The maximum atomic E-state index is 11.2. The van der Waals surface area contributed by atoms with Gasteiger partial charge in [-0.3, -0.25) is 0 Å². The molecule has 84 valence electrons. The first-order chi connectivity index (χ1) is 7.09. The monoisotopic (exact) mass is 291 g/mol. The quantitative estimate of drug-likeness (QED) is 0.864. The average molecular weight is 292 g/mol. The molecule has 0 spiro atoms. The molecule has 0 bridgehead atoms. The fourth-order valence-corrected chi connectivity index (χ4v) is 2.66. The van der Waals surface area contributed by atoms with Gasteiger partial charge in [-0.2, -0.15) is 0 Å². The molecule has 1 saturated heterocycles. The third kappa shape index (κ3) is 2.80. The standard InChI is InChI=1S/C8H8BrNO2S.C2H6/c9-7-3-1-6(2-4-7)8-5-10-13(8,11)12;1-2/h1-4,8,10H,5H2;1-2H3. The number of hydrogen-bond acceptors (Lipinski definition) is 2. The van der Waals surface area contributed by atoms with Gasteiger partial charge in [-0.05, 0) is 17.7 Å². The van der Waals surface area contributed by atoms with Gasteiger partial charge in [0, 0.05) is 11.0 Å². The topological polar surface area (TPSA) is 46.2 Å². The average Bonchev–Trinajstić information content (AvgIpc) is 2.23. The number of sulfonamides is 1. The molecule has 0 radical (unpaired) electrons. The lowest BCUT2D eigenvalue weighted by molar-refractivity contribution is 0.536. The highest BCUT2D eigenvalue weighted by Gasteiger charge is 2.36. The Morgan fingerprint density at radius 2 is 1.80 bits per heavy atom. The van der Waals surface area contributed by atoms with Crippen molar-refractivity contribution < 1.29 is 8.42 Å². The molecule has 1 unspecified atom stereocenters. The molecule has 1 aliphatic heterocycles. The van der Waals surface area contributed by atoms with Gasteiger partial charge >= 0.3 is 0 Å². The summed E-state index contributed by atoms with van der Waals surface area (Å²) in [6.07, 6.45) is 0. The van der Waals surface area contributed by atoms with Gasteiger partial charge in [0.2, 0.25) is 10.0 Å². The molecule has 1 N–H and O–H groups in total. The van der Waals surface area contributed by atoms with Crippen LogP contribution in [0.4, 0.5) is 0 Å². The number of halogens is 1. The zero-order valence-corrected chi connectivity index (χ0v) is 11.1. The Labute approximate surface area is 99.1 Å². The van der Waals surface area contributed by atoms with Crippen molar-refractivity contribution in [3.05, 3.63) is 34.3 Å². The van der Waals surface area contributed by atoms with Crippen LogP contribution in [0.3, 0.4) is 0 Å². The molecule has 1 aromatic carbocycles. The van der Waals surface area contributed by atoms with Crippen molar-refractivity contribution in [2.24, 2.45) is 0 Å². The molecule has 0 saturated carbocycles. The fourth-order valence-electron chi connectivity index (χ4n) is 1.28. The molecule has 1 aliphatic rings. The molecule has 1 aromatic rings. The third-order valence-corrected chi connectivity index (χ3v) is 4.37. The van der Waals surface area contributed by atoms with Crippen LogP contribution in [0.1, 0.15) is 24.7 Å². The molecule has 3 nitrogen and oxygen atoms in total. The Hall–Kier alpha value is -0.390. The van der Waals surface area contributed by atoms with E-state index >= 15 is 0 Å². The predicted octanol–water partition coefficient (Wildman–Crippen LogP) is 2.45. The van der Waals surface area contributed by atoms with Crippen LogP contribution < -0.4 is 4.72 Å². The van der Waals surface area contributed by atoms with Crippen LogP contribution in [-0.2, 0) is 10.0 Å². The molecule has 1 fully saturated rings. The highest BCUT2D eigenvalue weighted by Crippen LogP contribution is 2.28. The van der Waals surface area contributed by atoms with Gasteiger partial charge in [-0.25, -0.2) is 13.1 Å². The molecule has 0 aromatic heterocycles. The van der Waals surface area contributed by atoms with Gasteiger partial charge in [0.25, 0.3) is 0 Å². The highest BCUT2D eigenvalue weighted by atomic mass is 79.9. The van der Waals surface area contributed by atoms with Crippen molar-refractivity contribution in [2.45, 2.75) is 19.1 Å². The third-order valence-electron chi connectivity index (χ3n) is 2.09. The van der Waals surface area contributed by atoms with Crippen molar-refractivity contribution in [3.8, 4) is 0 Å². The van der Waals surface area contributed by atoms with Crippen LogP contribution in [-0.4, -0.2) is 15.0 Å². The molecular formula is C10H14BrNO2S. The maximum absolute atomic E-state index is 11.2.